The fourth-order valence-electron chi connectivity index (χ4n) is 6.00. The van der Waals surface area contributed by atoms with Crippen molar-refractivity contribution in [2.45, 2.75) is 65.3 Å². The summed E-state index contributed by atoms with van der Waals surface area (Å²) in [5.41, 5.74) is 8.88. The van der Waals surface area contributed by atoms with E-state index < -0.39 is 0 Å². The molecule has 0 radical (unpaired) electrons. The first kappa shape index (κ1) is 18.6. The van der Waals surface area contributed by atoms with Gasteiger partial charge in [0.15, 0.2) is 5.65 Å². The van der Waals surface area contributed by atoms with Gasteiger partial charge in [0.1, 0.15) is 11.2 Å². The number of hydrogen-bond acceptors (Lipinski definition) is 4. The maximum Gasteiger partial charge on any atom is 0.158 e. The average Bonchev–Trinajstić information content (AvgIpc) is 3.50. The lowest BCUT2D eigenvalue weighted by Gasteiger charge is -2.22. The number of nitrogens with one attached hydrogen (secondary N) is 2. The van der Waals surface area contributed by atoms with Gasteiger partial charge >= 0.3 is 0 Å². The Morgan fingerprint density at radius 2 is 1.97 bits per heavy atom. The lowest BCUT2D eigenvalue weighted by molar-refractivity contribution is 0.445. The van der Waals surface area contributed by atoms with Crippen LogP contribution < -0.4 is 5.32 Å². The summed E-state index contributed by atoms with van der Waals surface area (Å²) in [6.07, 6.45) is 6.45. The number of nitrogens with zero attached hydrogens (tertiary/aromatic N) is 3. The molecule has 0 aromatic carbocycles. The highest BCUT2D eigenvalue weighted by atomic mass is 32.1. The third-order valence-electron chi connectivity index (χ3n) is 7.63. The van der Waals surface area contributed by atoms with Crippen LogP contribution in [0.1, 0.15) is 65.7 Å². The number of rotatable bonds is 3. The molecule has 0 amide bonds. The molecule has 1 aliphatic carbocycles. The third-order valence-corrected chi connectivity index (χ3v) is 8.97. The van der Waals surface area contributed by atoms with E-state index in [1.165, 1.54) is 63.1 Å². The fourth-order valence-corrected chi connectivity index (χ4v) is 7.44. The van der Waals surface area contributed by atoms with E-state index >= 15 is 0 Å². The molecule has 2 bridgehead atoms. The van der Waals surface area contributed by atoms with Gasteiger partial charge in [0, 0.05) is 28.1 Å². The maximum absolute atomic E-state index is 4.43. The molecule has 3 atom stereocenters. The van der Waals surface area contributed by atoms with E-state index in [1.54, 1.807) is 11.2 Å². The van der Waals surface area contributed by atoms with E-state index in [2.05, 4.69) is 61.2 Å². The summed E-state index contributed by atoms with van der Waals surface area (Å²) in [5, 5.41) is 9.55. The number of pyridine rings is 1. The summed E-state index contributed by atoms with van der Waals surface area (Å²) in [4.78, 5) is 11.3. The lowest BCUT2D eigenvalue weighted by atomic mass is 9.89. The first-order chi connectivity index (χ1) is 14.4. The normalized spacial score (nSPS) is 23.6. The first-order valence-electron chi connectivity index (χ1n) is 11.1. The van der Waals surface area contributed by atoms with Crippen LogP contribution in [0.3, 0.4) is 0 Å². The fraction of sp³-hybridized carbons (Fsp3) is 0.500. The Hall–Kier alpha value is -2.18. The molecule has 1 saturated heterocycles. The molecule has 6 heteroatoms. The minimum Gasteiger partial charge on any atom is -0.346 e. The van der Waals surface area contributed by atoms with Gasteiger partial charge < -0.3 is 10.3 Å². The predicted molar refractivity (Wildman–Crippen MR) is 124 cm³/mol. The third kappa shape index (κ3) is 2.44. The van der Waals surface area contributed by atoms with E-state index in [0.717, 1.165) is 23.5 Å². The van der Waals surface area contributed by atoms with Gasteiger partial charge in [0.25, 0.3) is 0 Å². The minimum absolute atomic E-state index is 0.447. The Morgan fingerprint density at radius 1 is 1.13 bits per heavy atom. The monoisotopic (exact) mass is 419 g/mol. The van der Waals surface area contributed by atoms with Crippen molar-refractivity contribution >= 4 is 27.2 Å². The maximum atomic E-state index is 4.43. The number of fused-ring (bicyclic) bond motifs is 4. The van der Waals surface area contributed by atoms with Gasteiger partial charge in [-0.15, -0.1) is 11.3 Å². The van der Waals surface area contributed by atoms with Gasteiger partial charge in [0.05, 0.1) is 5.69 Å². The summed E-state index contributed by atoms with van der Waals surface area (Å²) in [7, 11) is 0. The van der Waals surface area contributed by atoms with Crippen molar-refractivity contribution in [3.05, 3.63) is 39.7 Å². The molecule has 2 N–H and O–H groups in total. The number of aromatic amines is 1. The molecule has 0 spiro atoms. The van der Waals surface area contributed by atoms with E-state index in [-0.39, 0.29) is 0 Å². The molecule has 5 nitrogen and oxygen atoms in total. The summed E-state index contributed by atoms with van der Waals surface area (Å²) in [5.74, 6) is 2.00. The standard InChI is InChI=1S/C24H29N5S/c1-11(2)19-20-14(5)22(17-7-16-6-15(17)8-25-16)30-24(20)28-21(19)18-9-29-23(26-10-27-29)13(4)12(18)3/h9-11,15-17,25,28H,6-8H2,1-5H3/t15-,16-,17+/m1/s1. The van der Waals surface area contributed by atoms with Gasteiger partial charge in [-0.1, -0.05) is 13.8 Å². The molecule has 2 fully saturated rings. The van der Waals surface area contributed by atoms with Gasteiger partial charge in [0.2, 0.25) is 0 Å². The smallest absolute Gasteiger partial charge is 0.158 e. The average molecular weight is 420 g/mol. The Kier molecular flexibility index (Phi) is 3.97. The molecular weight excluding hydrogens is 390 g/mol. The molecular formula is C24H29N5S. The molecule has 30 heavy (non-hydrogen) atoms. The number of piperidine rings is 1. The molecule has 0 unspecified atom stereocenters. The lowest BCUT2D eigenvalue weighted by Crippen LogP contribution is -2.28. The van der Waals surface area contributed by atoms with Crippen molar-refractivity contribution in [1.29, 1.82) is 0 Å². The zero-order valence-corrected chi connectivity index (χ0v) is 19.2. The van der Waals surface area contributed by atoms with Crippen molar-refractivity contribution in [2.24, 2.45) is 5.92 Å². The Morgan fingerprint density at radius 3 is 2.67 bits per heavy atom. The van der Waals surface area contributed by atoms with Crippen LogP contribution in [0.15, 0.2) is 12.5 Å². The predicted octanol–water partition coefficient (Wildman–Crippen LogP) is 5.45. The van der Waals surface area contributed by atoms with Crippen LogP contribution in [-0.2, 0) is 0 Å². The van der Waals surface area contributed by atoms with Gasteiger partial charge in [-0.3, -0.25) is 0 Å². The molecule has 4 aromatic rings. The van der Waals surface area contributed by atoms with Gasteiger partial charge in [-0.05, 0) is 80.2 Å². The van der Waals surface area contributed by atoms with Crippen LogP contribution in [0.2, 0.25) is 0 Å². The quantitative estimate of drug-likeness (QED) is 0.464. The molecule has 5 heterocycles. The molecule has 1 saturated carbocycles. The van der Waals surface area contributed by atoms with E-state index in [9.17, 15) is 0 Å². The van der Waals surface area contributed by atoms with Crippen molar-refractivity contribution in [3.8, 4) is 11.3 Å². The number of aryl methyl sites for hydroxylation is 2. The summed E-state index contributed by atoms with van der Waals surface area (Å²) in [6.45, 7) is 12.5. The largest absolute Gasteiger partial charge is 0.346 e. The molecule has 2 aliphatic rings. The number of aromatic nitrogens is 4. The van der Waals surface area contributed by atoms with Crippen LogP contribution in [0.25, 0.3) is 27.1 Å². The highest BCUT2D eigenvalue weighted by molar-refractivity contribution is 7.19. The number of thiophene rings is 1. The number of hydrogen-bond donors (Lipinski definition) is 2. The minimum atomic E-state index is 0.447. The van der Waals surface area contributed by atoms with E-state index in [1.807, 2.05) is 15.9 Å². The van der Waals surface area contributed by atoms with Crippen molar-refractivity contribution in [2.75, 3.05) is 6.54 Å². The number of H-pyrrole nitrogens is 1. The van der Waals surface area contributed by atoms with Crippen LogP contribution in [0.4, 0.5) is 0 Å². The van der Waals surface area contributed by atoms with Gasteiger partial charge in [-0.25, -0.2) is 9.50 Å². The zero-order chi connectivity index (χ0) is 20.7. The van der Waals surface area contributed by atoms with E-state index in [0.29, 0.717) is 5.92 Å². The van der Waals surface area contributed by atoms with Crippen molar-refractivity contribution in [3.63, 3.8) is 0 Å². The zero-order valence-electron chi connectivity index (χ0n) is 18.3. The molecule has 6 rings (SSSR count). The van der Waals surface area contributed by atoms with E-state index in [4.69, 9.17) is 0 Å². The summed E-state index contributed by atoms with van der Waals surface area (Å²) in [6, 6.07) is 0.736. The Bertz CT molecular complexity index is 1290. The highest BCUT2D eigenvalue weighted by Crippen LogP contribution is 2.50. The SMILES string of the molecule is Cc1c(-c2[nH]c3sc([C@H]4C[C@H]5C[C@@H]4CN5)c(C)c3c2C(C)C)cn2ncnc2c1C. The summed E-state index contributed by atoms with van der Waals surface area (Å²) < 4.78 is 1.91. The van der Waals surface area contributed by atoms with Crippen LogP contribution >= 0.6 is 11.3 Å². The first-order valence-corrected chi connectivity index (χ1v) is 11.9. The van der Waals surface area contributed by atoms with Crippen LogP contribution in [-0.4, -0.2) is 32.2 Å². The molecule has 4 aromatic heterocycles. The summed E-state index contributed by atoms with van der Waals surface area (Å²) >= 11 is 2.01. The molecule has 156 valence electrons. The van der Waals surface area contributed by atoms with Gasteiger partial charge in [-0.2, -0.15) is 5.10 Å². The highest BCUT2D eigenvalue weighted by Gasteiger charge is 2.42. The Labute approximate surface area is 180 Å². The second-order valence-electron chi connectivity index (χ2n) is 9.63. The molecule has 1 aliphatic heterocycles. The van der Waals surface area contributed by atoms with Crippen molar-refractivity contribution in [1.82, 2.24) is 24.9 Å². The van der Waals surface area contributed by atoms with Crippen molar-refractivity contribution < 1.29 is 0 Å². The van der Waals surface area contributed by atoms with Crippen LogP contribution in [0.5, 0.6) is 0 Å². The van der Waals surface area contributed by atoms with Crippen LogP contribution in [0, 0.1) is 26.7 Å². The second-order valence-corrected chi connectivity index (χ2v) is 10.7. The topological polar surface area (TPSA) is 58.0 Å². The Balaban J connectivity index is 1.56. The second kappa shape index (κ2) is 6.41.